The lowest BCUT2D eigenvalue weighted by atomic mass is 10.00. The molecule has 0 spiro atoms. The van der Waals surface area contributed by atoms with Crippen molar-refractivity contribution < 1.29 is 9.21 Å². The van der Waals surface area contributed by atoms with Crippen molar-refractivity contribution >= 4 is 11.7 Å². The average Bonchev–Trinajstić information content (AvgIpc) is 2.88. The van der Waals surface area contributed by atoms with Crippen LogP contribution in [0.3, 0.4) is 0 Å². The van der Waals surface area contributed by atoms with Gasteiger partial charge in [0.2, 0.25) is 0 Å². The van der Waals surface area contributed by atoms with Crippen LogP contribution in [0.2, 0.25) is 0 Å². The molecule has 3 rings (SSSR count). The van der Waals surface area contributed by atoms with Crippen LogP contribution in [-0.4, -0.2) is 42.9 Å². The van der Waals surface area contributed by atoms with E-state index in [1.165, 1.54) is 25.8 Å². The summed E-state index contributed by atoms with van der Waals surface area (Å²) in [6.45, 7) is 5.93. The number of carbonyl (C=O) groups excluding carboxylic acids is 1. The SMILES string of the molecule is CC(=O)c1ccc(N2CCN3CCCCC3C2)o1. The number of piperazine rings is 1. The second-order valence-corrected chi connectivity index (χ2v) is 5.33. The molecule has 1 aromatic rings. The summed E-state index contributed by atoms with van der Waals surface area (Å²) in [5, 5.41) is 0. The minimum atomic E-state index is -0.00227. The van der Waals surface area contributed by atoms with Crippen molar-refractivity contribution in [2.24, 2.45) is 0 Å². The maximum Gasteiger partial charge on any atom is 0.196 e. The maximum atomic E-state index is 11.2. The largest absolute Gasteiger partial charge is 0.437 e. The Morgan fingerprint density at radius 2 is 2.17 bits per heavy atom. The molecule has 3 heterocycles. The first-order valence-electron chi connectivity index (χ1n) is 6.84. The van der Waals surface area contributed by atoms with Gasteiger partial charge >= 0.3 is 0 Å². The molecule has 0 aromatic carbocycles. The molecule has 0 N–H and O–H groups in total. The molecule has 2 fully saturated rings. The van der Waals surface area contributed by atoms with Gasteiger partial charge in [0.05, 0.1) is 0 Å². The van der Waals surface area contributed by atoms with Crippen LogP contribution in [0.15, 0.2) is 16.5 Å². The third-order valence-electron chi connectivity index (χ3n) is 4.09. The molecule has 0 radical (unpaired) electrons. The lowest BCUT2D eigenvalue weighted by Gasteiger charge is -2.43. The Morgan fingerprint density at radius 3 is 2.94 bits per heavy atom. The number of anilines is 1. The maximum absolute atomic E-state index is 11.2. The molecule has 0 bridgehead atoms. The Bertz CT molecular complexity index is 441. The average molecular weight is 248 g/mol. The lowest BCUT2D eigenvalue weighted by Crippen LogP contribution is -2.54. The van der Waals surface area contributed by atoms with Gasteiger partial charge in [-0.05, 0) is 25.5 Å². The highest BCUT2D eigenvalue weighted by Crippen LogP contribution is 2.26. The van der Waals surface area contributed by atoms with E-state index in [0.29, 0.717) is 11.8 Å². The van der Waals surface area contributed by atoms with E-state index in [1.54, 1.807) is 13.0 Å². The van der Waals surface area contributed by atoms with E-state index in [1.807, 2.05) is 6.07 Å². The minimum Gasteiger partial charge on any atom is -0.437 e. The number of furan rings is 1. The van der Waals surface area contributed by atoms with Gasteiger partial charge in [-0.15, -0.1) is 0 Å². The Kier molecular flexibility index (Phi) is 3.12. The van der Waals surface area contributed by atoms with E-state index < -0.39 is 0 Å². The normalized spacial score (nSPS) is 24.9. The number of rotatable bonds is 2. The van der Waals surface area contributed by atoms with Gasteiger partial charge in [-0.25, -0.2) is 0 Å². The molecular formula is C14H20N2O2. The van der Waals surface area contributed by atoms with Crippen LogP contribution >= 0.6 is 0 Å². The summed E-state index contributed by atoms with van der Waals surface area (Å²) in [6.07, 6.45) is 3.97. The zero-order valence-electron chi connectivity index (χ0n) is 10.9. The molecule has 2 aliphatic rings. The van der Waals surface area contributed by atoms with Crippen molar-refractivity contribution in [2.75, 3.05) is 31.1 Å². The zero-order chi connectivity index (χ0) is 12.5. The molecular weight excluding hydrogens is 228 g/mol. The fraction of sp³-hybridized carbons (Fsp3) is 0.643. The molecule has 4 heteroatoms. The van der Waals surface area contributed by atoms with Crippen LogP contribution in [0, 0.1) is 0 Å². The number of fused-ring (bicyclic) bond motifs is 1. The van der Waals surface area contributed by atoms with E-state index >= 15 is 0 Å². The second-order valence-electron chi connectivity index (χ2n) is 5.33. The Hall–Kier alpha value is -1.29. The highest BCUT2D eigenvalue weighted by molar-refractivity contribution is 5.91. The highest BCUT2D eigenvalue weighted by Gasteiger charge is 2.30. The highest BCUT2D eigenvalue weighted by atomic mass is 16.4. The smallest absolute Gasteiger partial charge is 0.196 e. The van der Waals surface area contributed by atoms with Crippen molar-refractivity contribution in [3.63, 3.8) is 0 Å². The van der Waals surface area contributed by atoms with Crippen molar-refractivity contribution in [1.82, 2.24) is 4.90 Å². The predicted molar refractivity (Wildman–Crippen MR) is 70.1 cm³/mol. The first kappa shape index (κ1) is 11.8. The second kappa shape index (κ2) is 4.76. The Labute approximate surface area is 108 Å². The van der Waals surface area contributed by atoms with Gasteiger partial charge < -0.3 is 9.32 Å². The standard InChI is InChI=1S/C14H20N2O2/c1-11(17)13-5-6-14(18-13)16-9-8-15-7-3-2-4-12(15)10-16/h5-6,12H,2-4,7-10H2,1H3. The topological polar surface area (TPSA) is 36.7 Å². The fourth-order valence-corrected chi connectivity index (χ4v) is 3.04. The molecule has 2 aliphatic heterocycles. The van der Waals surface area contributed by atoms with E-state index in [-0.39, 0.29) is 5.78 Å². The number of carbonyl (C=O) groups is 1. The third-order valence-corrected chi connectivity index (χ3v) is 4.09. The van der Waals surface area contributed by atoms with Crippen LogP contribution < -0.4 is 4.90 Å². The quantitative estimate of drug-likeness (QED) is 0.752. The predicted octanol–water partition coefficient (Wildman–Crippen LogP) is 2.16. The molecule has 1 aromatic heterocycles. The van der Waals surface area contributed by atoms with Crippen LogP contribution in [0.4, 0.5) is 5.88 Å². The Balaban J connectivity index is 1.71. The number of hydrogen-bond donors (Lipinski definition) is 0. The van der Waals surface area contributed by atoms with E-state index in [2.05, 4.69) is 9.80 Å². The summed E-state index contributed by atoms with van der Waals surface area (Å²) in [6, 6.07) is 4.37. The molecule has 2 saturated heterocycles. The van der Waals surface area contributed by atoms with E-state index in [0.717, 1.165) is 25.5 Å². The fourth-order valence-electron chi connectivity index (χ4n) is 3.04. The van der Waals surface area contributed by atoms with E-state index in [9.17, 15) is 4.79 Å². The molecule has 4 nitrogen and oxygen atoms in total. The first-order chi connectivity index (χ1) is 8.74. The first-order valence-corrected chi connectivity index (χ1v) is 6.84. The van der Waals surface area contributed by atoms with Crippen molar-refractivity contribution in [1.29, 1.82) is 0 Å². The summed E-state index contributed by atoms with van der Waals surface area (Å²) in [7, 11) is 0. The van der Waals surface area contributed by atoms with Gasteiger partial charge in [0.15, 0.2) is 17.4 Å². The van der Waals surface area contributed by atoms with Crippen LogP contribution in [0.1, 0.15) is 36.7 Å². The van der Waals surface area contributed by atoms with Gasteiger partial charge in [0.1, 0.15) is 0 Å². The van der Waals surface area contributed by atoms with Gasteiger partial charge in [0, 0.05) is 38.7 Å². The van der Waals surface area contributed by atoms with Gasteiger partial charge in [-0.2, -0.15) is 0 Å². The minimum absolute atomic E-state index is 0.00227. The van der Waals surface area contributed by atoms with Gasteiger partial charge in [-0.1, -0.05) is 6.42 Å². The van der Waals surface area contributed by atoms with Gasteiger partial charge in [0.25, 0.3) is 0 Å². The van der Waals surface area contributed by atoms with Crippen LogP contribution in [0.25, 0.3) is 0 Å². The third kappa shape index (κ3) is 2.17. The summed E-state index contributed by atoms with van der Waals surface area (Å²) in [5.74, 6) is 1.32. The zero-order valence-corrected chi connectivity index (χ0v) is 10.9. The molecule has 18 heavy (non-hydrogen) atoms. The monoisotopic (exact) mass is 248 g/mol. The van der Waals surface area contributed by atoms with Crippen molar-refractivity contribution in [3.05, 3.63) is 17.9 Å². The number of hydrogen-bond acceptors (Lipinski definition) is 4. The molecule has 0 aliphatic carbocycles. The molecule has 0 saturated carbocycles. The molecule has 98 valence electrons. The number of piperidine rings is 1. The number of Topliss-reactive ketones (excluding diaryl/α,β-unsaturated/α-hetero) is 1. The molecule has 0 amide bonds. The van der Waals surface area contributed by atoms with Crippen molar-refractivity contribution in [2.45, 2.75) is 32.2 Å². The summed E-state index contributed by atoms with van der Waals surface area (Å²) in [4.78, 5) is 16.1. The summed E-state index contributed by atoms with van der Waals surface area (Å²) < 4.78 is 5.62. The summed E-state index contributed by atoms with van der Waals surface area (Å²) >= 11 is 0. The summed E-state index contributed by atoms with van der Waals surface area (Å²) in [5.41, 5.74) is 0. The molecule has 1 atom stereocenters. The van der Waals surface area contributed by atoms with Gasteiger partial charge in [-0.3, -0.25) is 9.69 Å². The number of nitrogens with zero attached hydrogens (tertiary/aromatic N) is 2. The number of ketones is 1. The van der Waals surface area contributed by atoms with E-state index in [4.69, 9.17) is 4.42 Å². The van der Waals surface area contributed by atoms with Crippen LogP contribution in [-0.2, 0) is 0 Å². The Morgan fingerprint density at radius 1 is 1.28 bits per heavy atom. The van der Waals surface area contributed by atoms with Crippen molar-refractivity contribution in [3.8, 4) is 0 Å². The lowest BCUT2D eigenvalue weighted by molar-refractivity contribution is 0.0986. The van der Waals surface area contributed by atoms with Crippen LogP contribution in [0.5, 0.6) is 0 Å². The molecule has 1 unspecified atom stereocenters.